The SMILES string of the molecule is COC(=O)c1cncc2ccc(B3OC(C)(C)C(C)(C)O3)cc12. The van der Waals surface area contributed by atoms with Gasteiger partial charge >= 0.3 is 13.1 Å². The van der Waals surface area contributed by atoms with Gasteiger partial charge in [-0.2, -0.15) is 0 Å². The molecule has 5 nitrogen and oxygen atoms in total. The third-order valence-electron chi connectivity index (χ3n) is 4.72. The Kier molecular flexibility index (Phi) is 3.69. The average molecular weight is 313 g/mol. The van der Waals surface area contributed by atoms with Crippen LogP contribution in [-0.2, 0) is 14.0 Å². The van der Waals surface area contributed by atoms with Crippen molar-refractivity contribution in [2.45, 2.75) is 38.9 Å². The van der Waals surface area contributed by atoms with Gasteiger partial charge in [0.2, 0.25) is 0 Å². The molecule has 1 aliphatic heterocycles. The molecule has 0 N–H and O–H groups in total. The highest BCUT2D eigenvalue weighted by atomic mass is 16.7. The lowest BCUT2D eigenvalue weighted by Gasteiger charge is -2.32. The highest BCUT2D eigenvalue weighted by Gasteiger charge is 2.51. The molecule has 1 aromatic heterocycles. The lowest BCUT2D eigenvalue weighted by atomic mass is 9.78. The van der Waals surface area contributed by atoms with Gasteiger partial charge in [-0.05, 0) is 38.5 Å². The lowest BCUT2D eigenvalue weighted by Crippen LogP contribution is -2.41. The number of esters is 1. The van der Waals surface area contributed by atoms with Gasteiger partial charge in [0.15, 0.2) is 0 Å². The molecule has 0 saturated carbocycles. The fourth-order valence-corrected chi connectivity index (χ4v) is 2.58. The Morgan fingerprint density at radius 2 is 1.78 bits per heavy atom. The molecule has 1 fully saturated rings. The molecular weight excluding hydrogens is 293 g/mol. The quantitative estimate of drug-likeness (QED) is 0.629. The first-order chi connectivity index (χ1) is 10.7. The Morgan fingerprint density at radius 3 is 2.39 bits per heavy atom. The molecule has 1 saturated heterocycles. The Balaban J connectivity index is 2.06. The third-order valence-corrected chi connectivity index (χ3v) is 4.72. The molecule has 23 heavy (non-hydrogen) atoms. The lowest BCUT2D eigenvalue weighted by molar-refractivity contribution is 0.00578. The second-order valence-corrected chi connectivity index (χ2v) is 6.75. The highest BCUT2D eigenvalue weighted by Crippen LogP contribution is 2.36. The maximum Gasteiger partial charge on any atom is 0.494 e. The highest BCUT2D eigenvalue weighted by molar-refractivity contribution is 6.62. The van der Waals surface area contributed by atoms with Crippen LogP contribution in [0.15, 0.2) is 30.6 Å². The fraction of sp³-hybridized carbons (Fsp3) is 0.412. The van der Waals surface area contributed by atoms with Gasteiger partial charge in [-0.15, -0.1) is 0 Å². The van der Waals surface area contributed by atoms with E-state index in [-0.39, 0.29) is 0 Å². The van der Waals surface area contributed by atoms with Gasteiger partial charge in [-0.25, -0.2) is 4.79 Å². The number of benzene rings is 1. The second kappa shape index (κ2) is 5.32. The molecule has 3 rings (SSSR count). The van der Waals surface area contributed by atoms with Gasteiger partial charge in [0, 0.05) is 17.8 Å². The molecule has 0 aliphatic carbocycles. The second-order valence-electron chi connectivity index (χ2n) is 6.75. The number of nitrogens with zero attached hydrogens (tertiary/aromatic N) is 1. The summed E-state index contributed by atoms with van der Waals surface area (Å²) in [6.07, 6.45) is 3.23. The molecule has 1 aromatic carbocycles. The molecule has 6 heteroatoms. The van der Waals surface area contributed by atoms with Crippen LogP contribution < -0.4 is 5.46 Å². The van der Waals surface area contributed by atoms with E-state index in [2.05, 4.69) is 4.98 Å². The molecule has 0 amide bonds. The minimum absolute atomic E-state index is 0.407. The molecule has 120 valence electrons. The number of ether oxygens (including phenoxy) is 1. The normalized spacial score (nSPS) is 19.1. The number of aromatic nitrogens is 1. The number of carbonyl (C=O) groups is 1. The summed E-state index contributed by atoms with van der Waals surface area (Å²) in [4.78, 5) is 16.0. The Hall–Kier alpha value is -1.92. The Morgan fingerprint density at radius 1 is 1.13 bits per heavy atom. The van der Waals surface area contributed by atoms with E-state index in [1.807, 2.05) is 45.9 Å². The van der Waals surface area contributed by atoms with Crippen LogP contribution in [0.4, 0.5) is 0 Å². The van der Waals surface area contributed by atoms with E-state index >= 15 is 0 Å². The molecule has 2 aromatic rings. The predicted octanol–water partition coefficient (Wildman–Crippen LogP) is 2.32. The van der Waals surface area contributed by atoms with Gasteiger partial charge in [0.25, 0.3) is 0 Å². The number of fused-ring (bicyclic) bond motifs is 1. The predicted molar refractivity (Wildman–Crippen MR) is 88.8 cm³/mol. The zero-order valence-electron chi connectivity index (χ0n) is 14.0. The number of hydrogen-bond acceptors (Lipinski definition) is 5. The van der Waals surface area contributed by atoms with Crippen LogP contribution in [-0.4, -0.2) is 36.4 Å². The van der Waals surface area contributed by atoms with Crippen molar-refractivity contribution in [2.75, 3.05) is 7.11 Å². The Labute approximate surface area is 136 Å². The molecule has 0 atom stereocenters. The molecule has 0 spiro atoms. The maximum atomic E-state index is 11.9. The van der Waals surface area contributed by atoms with Crippen LogP contribution >= 0.6 is 0 Å². The van der Waals surface area contributed by atoms with E-state index in [1.54, 1.807) is 6.20 Å². The van der Waals surface area contributed by atoms with Crippen LogP contribution in [0.3, 0.4) is 0 Å². The summed E-state index contributed by atoms with van der Waals surface area (Å²) in [6, 6.07) is 5.76. The maximum absolute atomic E-state index is 11.9. The van der Waals surface area contributed by atoms with E-state index in [0.29, 0.717) is 5.56 Å². The smallest absolute Gasteiger partial charge is 0.465 e. The number of rotatable bonds is 2. The van der Waals surface area contributed by atoms with Gasteiger partial charge in [0.05, 0.1) is 23.9 Å². The van der Waals surface area contributed by atoms with E-state index in [1.165, 1.54) is 13.3 Å². The number of pyridine rings is 1. The Bertz CT molecular complexity index is 756. The summed E-state index contributed by atoms with van der Waals surface area (Å²) < 4.78 is 17.0. The fourth-order valence-electron chi connectivity index (χ4n) is 2.58. The van der Waals surface area contributed by atoms with E-state index in [0.717, 1.165) is 16.2 Å². The first kappa shape index (κ1) is 16.0. The van der Waals surface area contributed by atoms with Crippen LogP contribution in [0.5, 0.6) is 0 Å². The summed E-state index contributed by atoms with van der Waals surface area (Å²) in [7, 11) is 0.891. The minimum atomic E-state index is -0.469. The zero-order chi connectivity index (χ0) is 16.8. The molecular formula is C17H20BNO4. The first-order valence-electron chi connectivity index (χ1n) is 7.57. The molecule has 2 heterocycles. The van der Waals surface area contributed by atoms with Crippen molar-refractivity contribution >= 4 is 29.3 Å². The van der Waals surface area contributed by atoms with Crippen molar-refractivity contribution in [3.63, 3.8) is 0 Å². The van der Waals surface area contributed by atoms with Crippen LogP contribution in [0.25, 0.3) is 10.8 Å². The van der Waals surface area contributed by atoms with Crippen molar-refractivity contribution in [2.24, 2.45) is 0 Å². The van der Waals surface area contributed by atoms with E-state index in [9.17, 15) is 4.79 Å². The standard InChI is InChI=1S/C17H20BNO4/c1-16(2)17(3,4)23-18(22-16)12-7-6-11-9-19-10-14(13(11)8-12)15(20)21-5/h6-10H,1-5H3. The molecule has 0 unspecified atom stereocenters. The van der Waals surface area contributed by atoms with Crippen molar-refractivity contribution in [3.8, 4) is 0 Å². The average Bonchev–Trinajstić information content (AvgIpc) is 2.73. The summed E-state index contributed by atoms with van der Waals surface area (Å²) in [6.45, 7) is 8.05. The van der Waals surface area contributed by atoms with Gasteiger partial charge in [-0.3, -0.25) is 4.98 Å². The number of carbonyl (C=O) groups excluding carboxylic acids is 1. The topological polar surface area (TPSA) is 57.7 Å². The molecule has 1 aliphatic rings. The van der Waals surface area contributed by atoms with Crippen molar-refractivity contribution in [1.82, 2.24) is 4.98 Å². The van der Waals surface area contributed by atoms with Crippen molar-refractivity contribution in [1.29, 1.82) is 0 Å². The summed E-state index contributed by atoms with van der Waals surface area (Å²) in [5.41, 5.74) is 0.488. The van der Waals surface area contributed by atoms with Crippen molar-refractivity contribution < 1.29 is 18.8 Å². The molecule has 0 radical (unpaired) electrons. The monoisotopic (exact) mass is 313 g/mol. The summed E-state index contributed by atoms with van der Waals surface area (Å²) >= 11 is 0. The summed E-state index contributed by atoms with van der Waals surface area (Å²) in [5, 5.41) is 1.65. The van der Waals surface area contributed by atoms with Crippen LogP contribution in [0.1, 0.15) is 38.1 Å². The number of hydrogen-bond donors (Lipinski definition) is 0. The molecule has 0 bridgehead atoms. The first-order valence-corrected chi connectivity index (χ1v) is 7.57. The zero-order valence-corrected chi connectivity index (χ0v) is 14.0. The summed E-state index contributed by atoms with van der Waals surface area (Å²) in [5.74, 6) is -0.408. The van der Waals surface area contributed by atoms with E-state index in [4.69, 9.17) is 14.0 Å². The van der Waals surface area contributed by atoms with Gasteiger partial charge in [0.1, 0.15) is 0 Å². The third kappa shape index (κ3) is 2.62. The van der Waals surface area contributed by atoms with E-state index < -0.39 is 24.3 Å². The van der Waals surface area contributed by atoms with Crippen LogP contribution in [0.2, 0.25) is 0 Å². The van der Waals surface area contributed by atoms with Crippen molar-refractivity contribution in [3.05, 3.63) is 36.2 Å². The number of methoxy groups -OCH3 is 1. The largest absolute Gasteiger partial charge is 0.494 e. The van der Waals surface area contributed by atoms with Gasteiger partial charge < -0.3 is 14.0 Å². The minimum Gasteiger partial charge on any atom is -0.465 e. The van der Waals surface area contributed by atoms with Crippen LogP contribution in [0, 0.1) is 0 Å². The van der Waals surface area contributed by atoms with Gasteiger partial charge in [-0.1, -0.05) is 18.2 Å².